The molecule has 0 amide bonds. The maximum atomic E-state index is 10.8. The van der Waals surface area contributed by atoms with Crippen LogP contribution >= 0.6 is 15.9 Å². The van der Waals surface area contributed by atoms with Crippen molar-refractivity contribution in [3.05, 3.63) is 17.9 Å². The number of carbonyl (C=O) groups is 1. The van der Waals surface area contributed by atoms with Gasteiger partial charge in [-0.25, -0.2) is 4.79 Å². The van der Waals surface area contributed by atoms with Crippen molar-refractivity contribution in [2.45, 2.75) is 12.3 Å². The van der Waals surface area contributed by atoms with Crippen LogP contribution in [0, 0.1) is 0 Å². The van der Waals surface area contributed by atoms with Gasteiger partial charge in [0.2, 0.25) is 0 Å². The van der Waals surface area contributed by atoms with Crippen molar-refractivity contribution in [2.24, 2.45) is 0 Å². The van der Waals surface area contributed by atoms with E-state index in [1.54, 1.807) is 19.1 Å². The van der Waals surface area contributed by atoms with E-state index >= 15 is 0 Å². The standard InChI is InChI=1S/C8H9BrO4/c1-2-11-8(10)13-7-4-3-6(5-9)12-7/h3-4H,2,5H2,1H3. The van der Waals surface area contributed by atoms with Crippen molar-refractivity contribution in [3.8, 4) is 5.95 Å². The molecule has 0 aliphatic rings. The second-order valence-corrected chi connectivity index (χ2v) is 2.70. The van der Waals surface area contributed by atoms with E-state index in [-0.39, 0.29) is 12.6 Å². The van der Waals surface area contributed by atoms with Crippen molar-refractivity contribution in [2.75, 3.05) is 6.61 Å². The summed E-state index contributed by atoms with van der Waals surface area (Å²) in [5.74, 6) is 0.840. The maximum Gasteiger partial charge on any atom is 0.516 e. The van der Waals surface area contributed by atoms with E-state index in [4.69, 9.17) is 4.42 Å². The van der Waals surface area contributed by atoms with Gasteiger partial charge in [-0.05, 0) is 13.0 Å². The van der Waals surface area contributed by atoms with Crippen molar-refractivity contribution in [1.82, 2.24) is 0 Å². The maximum absolute atomic E-state index is 10.8. The Morgan fingerprint density at radius 3 is 2.92 bits per heavy atom. The molecule has 1 aromatic heterocycles. The van der Waals surface area contributed by atoms with Crippen LogP contribution in [0.2, 0.25) is 0 Å². The third-order valence-electron chi connectivity index (χ3n) is 1.21. The molecule has 1 rings (SSSR count). The van der Waals surface area contributed by atoms with Gasteiger partial charge >= 0.3 is 6.16 Å². The van der Waals surface area contributed by atoms with Crippen LogP contribution in [-0.4, -0.2) is 12.8 Å². The molecular formula is C8H9BrO4. The highest BCUT2D eigenvalue weighted by atomic mass is 79.9. The summed E-state index contributed by atoms with van der Waals surface area (Å²) in [5, 5.41) is 0.583. The van der Waals surface area contributed by atoms with E-state index in [0.717, 1.165) is 0 Å². The monoisotopic (exact) mass is 248 g/mol. The zero-order valence-electron chi connectivity index (χ0n) is 7.08. The molecule has 0 saturated heterocycles. The smallest absolute Gasteiger partial charge is 0.434 e. The summed E-state index contributed by atoms with van der Waals surface area (Å²) in [7, 11) is 0. The molecule has 0 aromatic carbocycles. The van der Waals surface area contributed by atoms with Gasteiger partial charge in [-0.1, -0.05) is 15.9 Å². The Kier molecular flexibility index (Phi) is 3.82. The molecule has 0 atom stereocenters. The lowest BCUT2D eigenvalue weighted by Gasteiger charge is -1.99. The fourth-order valence-corrected chi connectivity index (χ4v) is 1.02. The fourth-order valence-electron chi connectivity index (χ4n) is 0.714. The van der Waals surface area contributed by atoms with E-state index < -0.39 is 6.16 Å². The normalized spacial score (nSPS) is 9.69. The summed E-state index contributed by atoms with van der Waals surface area (Å²) in [6.07, 6.45) is -0.752. The molecule has 0 aliphatic heterocycles. The minimum Gasteiger partial charge on any atom is -0.434 e. The van der Waals surface area contributed by atoms with E-state index in [1.807, 2.05) is 0 Å². The Morgan fingerprint density at radius 2 is 2.38 bits per heavy atom. The molecule has 0 bridgehead atoms. The van der Waals surface area contributed by atoms with Gasteiger partial charge in [0.05, 0.1) is 11.9 Å². The second kappa shape index (κ2) is 4.91. The molecular weight excluding hydrogens is 240 g/mol. The molecule has 0 N–H and O–H groups in total. The predicted octanol–water partition coefficient (Wildman–Crippen LogP) is 2.71. The highest BCUT2D eigenvalue weighted by Gasteiger charge is 2.08. The number of hydrogen-bond donors (Lipinski definition) is 0. The fraction of sp³-hybridized carbons (Fsp3) is 0.375. The molecule has 72 valence electrons. The first-order valence-electron chi connectivity index (χ1n) is 3.75. The first-order chi connectivity index (χ1) is 6.26. The summed E-state index contributed by atoms with van der Waals surface area (Å²) in [5.41, 5.74) is 0. The van der Waals surface area contributed by atoms with Gasteiger partial charge in [0, 0.05) is 6.07 Å². The Bertz CT molecular complexity index is 281. The van der Waals surface area contributed by atoms with Gasteiger partial charge in [-0.15, -0.1) is 0 Å². The molecule has 0 unspecified atom stereocenters. The highest BCUT2D eigenvalue weighted by Crippen LogP contribution is 2.18. The minimum atomic E-state index is -0.752. The molecule has 0 radical (unpaired) electrons. The number of hydrogen-bond acceptors (Lipinski definition) is 4. The lowest BCUT2D eigenvalue weighted by Crippen LogP contribution is -2.09. The van der Waals surface area contributed by atoms with Crippen molar-refractivity contribution in [3.63, 3.8) is 0 Å². The minimum absolute atomic E-state index is 0.146. The van der Waals surface area contributed by atoms with Gasteiger partial charge in [0.1, 0.15) is 5.76 Å². The lowest BCUT2D eigenvalue weighted by atomic mass is 10.5. The summed E-state index contributed by atoms with van der Waals surface area (Å²) in [4.78, 5) is 10.8. The first kappa shape index (κ1) is 10.1. The molecule has 1 heterocycles. The molecule has 0 saturated carbocycles. The second-order valence-electron chi connectivity index (χ2n) is 2.14. The highest BCUT2D eigenvalue weighted by molar-refractivity contribution is 9.08. The first-order valence-corrected chi connectivity index (χ1v) is 4.87. The van der Waals surface area contributed by atoms with E-state index in [1.165, 1.54) is 0 Å². The summed E-state index contributed by atoms with van der Waals surface area (Å²) >= 11 is 3.20. The lowest BCUT2D eigenvalue weighted by molar-refractivity contribution is 0.0945. The number of carbonyl (C=O) groups excluding carboxylic acids is 1. The van der Waals surface area contributed by atoms with Crippen LogP contribution in [-0.2, 0) is 10.1 Å². The Hall–Kier alpha value is -0.970. The van der Waals surface area contributed by atoms with Gasteiger partial charge in [-0.2, -0.15) is 0 Å². The Morgan fingerprint density at radius 1 is 1.62 bits per heavy atom. The molecule has 13 heavy (non-hydrogen) atoms. The summed E-state index contributed by atoms with van der Waals surface area (Å²) < 4.78 is 14.3. The molecule has 1 aromatic rings. The third-order valence-corrected chi connectivity index (χ3v) is 1.77. The SMILES string of the molecule is CCOC(=O)Oc1ccc(CBr)o1. The zero-order chi connectivity index (χ0) is 9.68. The van der Waals surface area contributed by atoms with Crippen LogP contribution in [0.4, 0.5) is 4.79 Å². The van der Waals surface area contributed by atoms with Crippen LogP contribution in [0.3, 0.4) is 0 Å². The number of rotatable bonds is 3. The molecule has 4 nitrogen and oxygen atoms in total. The number of halogens is 1. The van der Waals surface area contributed by atoms with Gasteiger partial charge in [-0.3, -0.25) is 0 Å². The van der Waals surface area contributed by atoms with Gasteiger partial charge in [0.15, 0.2) is 0 Å². The average molecular weight is 249 g/mol. The third kappa shape index (κ3) is 3.10. The predicted molar refractivity (Wildman–Crippen MR) is 49.0 cm³/mol. The Balaban J connectivity index is 2.49. The summed E-state index contributed by atoms with van der Waals surface area (Å²) in [6, 6.07) is 3.27. The number of ether oxygens (including phenoxy) is 2. The van der Waals surface area contributed by atoms with Crippen LogP contribution in [0.25, 0.3) is 0 Å². The number of alkyl halides is 1. The van der Waals surface area contributed by atoms with Crippen molar-refractivity contribution >= 4 is 22.1 Å². The van der Waals surface area contributed by atoms with Crippen LogP contribution in [0.1, 0.15) is 12.7 Å². The topological polar surface area (TPSA) is 48.7 Å². The van der Waals surface area contributed by atoms with Crippen LogP contribution < -0.4 is 4.74 Å². The largest absolute Gasteiger partial charge is 0.516 e. The van der Waals surface area contributed by atoms with Crippen LogP contribution in [0.15, 0.2) is 16.5 Å². The zero-order valence-corrected chi connectivity index (χ0v) is 8.67. The van der Waals surface area contributed by atoms with Crippen LogP contribution in [0.5, 0.6) is 5.95 Å². The van der Waals surface area contributed by atoms with Crippen molar-refractivity contribution in [1.29, 1.82) is 0 Å². The number of furan rings is 1. The van der Waals surface area contributed by atoms with E-state index in [9.17, 15) is 4.79 Å². The Labute approximate surface area is 83.9 Å². The molecule has 0 spiro atoms. The average Bonchev–Trinajstić information content (AvgIpc) is 2.52. The van der Waals surface area contributed by atoms with Crippen molar-refractivity contribution < 1.29 is 18.7 Å². The molecule has 0 fully saturated rings. The molecule has 5 heteroatoms. The summed E-state index contributed by atoms with van der Waals surface area (Å²) in [6.45, 7) is 1.98. The van der Waals surface area contributed by atoms with Gasteiger partial charge in [0.25, 0.3) is 5.95 Å². The quantitative estimate of drug-likeness (QED) is 0.610. The van der Waals surface area contributed by atoms with E-state index in [0.29, 0.717) is 11.1 Å². The molecule has 0 aliphatic carbocycles. The van der Waals surface area contributed by atoms with Gasteiger partial charge < -0.3 is 13.9 Å². The van der Waals surface area contributed by atoms with E-state index in [2.05, 4.69) is 25.4 Å².